The summed E-state index contributed by atoms with van der Waals surface area (Å²) in [5.74, 6) is -0.119. The van der Waals surface area contributed by atoms with Gasteiger partial charge in [-0.15, -0.1) is 0 Å². The number of nitrogens with zero attached hydrogens (tertiary/aromatic N) is 1. The van der Waals surface area contributed by atoms with Gasteiger partial charge in [-0.25, -0.2) is 9.59 Å². The molecule has 1 aromatic carbocycles. The molecule has 1 aromatic rings. The molecule has 120 valence electrons. The zero-order chi connectivity index (χ0) is 16.1. The highest BCUT2D eigenvalue weighted by Crippen LogP contribution is 2.36. The Morgan fingerprint density at radius 1 is 1.00 bits per heavy atom. The van der Waals surface area contributed by atoms with Crippen molar-refractivity contribution in [1.29, 1.82) is 0 Å². The Morgan fingerprint density at radius 3 is 2.05 bits per heavy atom. The molecule has 0 radical (unpaired) electrons. The third-order valence-corrected chi connectivity index (χ3v) is 3.94. The van der Waals surface area contributed by atoms with E-state index < -0.39 is 12.1 Å². The highest BCUT2D eigenvalue weighted by Gasteiger charge is 2.40. The van der Waals surface area contributed by atoms with Gasteiger partial charge in [-0.1, -0.05) is 12.1 Å². The van der Waals surface area contributed by atoms with Crippen LogP contribution in [0.1, 0.15) is 19.3 Å². The van der Waals surface area contributed by atoms with Gasteiger partial charge in [0.1, 0.15) is 17.8 Å². The first-order chi connectivity index (χ1) is 10.6. The molecule has 1 saturated heterocycles. The van der Waals surface area contributed by atoms with Crippen LogP contribution in [-0.2, 0) is 19.1 Å². The lowest BCUT2D eigenvalue weighted by Crippen LogP contribution is -2.54. The topological polar surface area (TPSA) is 65.1 Å². The van der Waals surface area contributed by atoms with E-state index in [2.05, 4.69) is 0 Å². The lowest BCUT2D eigenvalue weighted by atomic mass is 9.94. The van der Waals surface area contributed by atoms with Crippen molar-refractivity contribution in [3.05, 3.63) is 24.3 Å². The fourth-order valence-corrected chi connectivity index (χ4v) is 2.91. The second kappa shape index (κ2) is 7.15. The van der Waals surface area contributed by atoms with Crippen LogP contribution >= 0.6 is 0 Å². The first-order valence-electron chi connectivity index (χ1n) is 7.21. The summed E-state index contributed by atoms with van der Waals surface area (Å²) in [6.45, 7) is 0. The monoisotopic (exact) mass is 307 g/mol. The van der Waals surface area contributed by atoms with E-state index in [-0.39, 0.29) is 11.9 Å². The molecule has 1 fully saturated rings. The van der Waals surface area contributed by atoms with Crippen molar-refractivity contribution < 1.29 is 23.8 Å². The number of benzene rings is 1. The van der Waals surface area contributed by atoms with E-state index in [9.17, 15) is 9.59 Å². The molecule has 0 aromatic heterocycles. The van der Waals surface area contributed by atoms with Gasteiger partial charge in [0, 0.05) is 0 Å². The summed E-state index contributed by atoms with van der Waals surface area (Å²) in [5, 5.41) is 0. The van der Waals surface area contributed by atoms with Gasteiger partial charge in [0.05, 0.1) is 27.0 Å². The molecule has 0 unspecified atom stereocenters. The van der Waals surface area contributed by atoms with Crippen LogP contribution in [0.15, 0.2) is 24.3 Å². The summed E-state index contributed by atoms with van der Waals surface area (Å²) in [6.07, 6.45) is 2.00. The molecule has 2 rings (SSSR count). The standard InChI is InChI=1S/C16H21NO5/c1-20-14-10-5-4-7-11(14)17-12(15(18)21-2)8-6-9-13(17)16(19)22-3/h4-5,7,10,12-13H,6,8-9H2,1-3H3/t12-,13+. The normalized spacial score (nSPS) is 21.1. The van der Waals surface area contributed by atoms with E-state index in [1.165, 1.54) is 14.2 Å². The fraction of sp³-hybridized carbons (Fsp3) is 0.500. The van der Waals surface area contributed by atoms with Crippen LogP contribution in [-0.4, -0.2) is 45.4 Å². The Bertz CT molecular complexity index is 521. The smallest absolute Gasteiger partial charge is 0.328 e. The summed E-state index contributed by atoms with van der Waals surface area (Å²) in [6, 6.07) is 6.25. The van der Waals surface area contributed by atoms with Crippen LogP contribution in [0.4, 0.5) is 5.69 Å². The van der Waals surface area contributed by atoms with Crippen molar-refractivity contribution >= 4 is 17.6 Å². The van der Waals surface area contributed by atoms with Crippen LogP contribution in [0.3, 0.4) is 0 Å². The Morgan fingerprint density at radius 2 is 1.55 bits per heavy atom. The van der Waals surface area contributed by atoms with Crippen LogP contribution in [0.2, 0.25) is 0 Å². The first kappa shape index (κ1) is 16.1. The van der Waals surface area contributed by atoms with E-state index in [1.807, 2.05) is 18.2 Å². The predicted octanol–water partition coefficient (Wildman–Crippen LogP) is 1.77. The maximum absolute atomic E-state index is 12.1. The molecule has 22 heavy (non-hydrogen) atoms. The zero-order valence-corrected chi connectivity index (χ0v) is 13.1. The zero-order valence-electron chi connectivity index (χ0n) is 13.1. The van der Waals surface area contributed by atoms with E-state index in [4.69, 9.17) is 14.2 Å². The molecule has 0 amide bonds. The number of esters is 2. The Kier molecular flexibility index (Phi) is 5.25. The number of piperidine rings is 1. The van der Waals surface area contributed by atoms with Gasteiger partial charge < -0.3 is 19.1 Å². The lowest BCUT2D eigenvalue weighted by molar-refractivity contribution is -0.146. The van der Waals surface area contributed by atoms with Gasteiger partial charge in [0.15, 0.2) is 0 Å². The number of carbonyl (C=O) groups excluding carboxylic acids is 2. The molecule has 6 heteroatoms. The van der Waals surface area contributed by atoms with Gasteiger partial charge >= 0.3 is 11.9 Å². The second-order valence-electron chi connectivity index (χ2n) is 5.09. The molecule has 6 nitrogen and oxygen atoms in total. The summed E-state index contributed by atoms with van der Waals surface area (Å²) < 4.78 is 15.2. The van der Waals surface area contributed by atoms with E-state index >= 15 is 0 Å². The van der Waals surface area contributed by atoms with E-state index in [0.717, 1.165) is 6.42 Å². The number of hydrogen-bond donors (Lipinski definition) is 0. The molecule has 0 spiro atoms. The maximum atomic E-state index is 12.1. The lowest BCUT2D eigenvalue weighted by Gasteiger charge is -2.41. The summed E-state index contributed by atoms with van der Waals surface area (Å²) in [5.41, 5.74) is 0.690. The number of anilines is 1. The second-order valence-corrected chi connectivity index (χ2v) is 5.09. The van der Waals surface area contributed by atoms with Crippen LogP contribution in [0, 0.1) is 0 Å². The van der Waals surface area contributed by atoms with Crippen LogP contribution in [0.5, 0.6) is 5.75 Å². The third-order valence-electron chi connectivity index (χ3n) is 3.94. The number of rotatable bonds is 4. The van der Waals surface area contributed by atoms with Gasteiger partial charge in [-0.05, 0) is 31.4 Å². The van der Waals surface area contributed by atoms with Crippen LogP contribution < -0.4 is 9.64 Å². The Hall–Kier alpha value is -2.24. The Labute approximate surface area is 129 Å². The van der Waals surface area contributed by atoms with Gasteiger partial charge in [-0.2, -0.15) is 0 Å². The highest BCUT2D eigenvalue weighted by molar-refractivity contribution is 5.88. The summed E-state index contributed by atoms with van der Waals surface area (Å²) in [4.78, 5) is 26.1. The molecule has 1 aliphatic rings. The molecule has 0 saturated carbocycles. The van der Waals surface area contributed by atoms with Crippen LogP contribution in [0.25, 0.3) is 0 Å². The average molecular weight is 307 g/mol. The number of hydrogen-bond acceptors (Lipinski definition) is 6. The van der Waals surface area contributed by atoms with Crippen molar-refractivity contribution in [2.75, 3.05) is 26.2 Å². The minimum Gasteiger partial charge on any atom is -0.495 e. The first-order valence-corrected chi connectivity index (χ1v) is 7.21. The Balaban J connectivity index is 2.48. The molecule has 0 bridgehead atoms. The average Bonchev–Trinajstić information content (AvgIpc) is 2.59. The molecule has 2 atom stereocenters. The number of para-hydroxylation sites is 2. The van der Waals surface area contributed by atoms with Gasteiger partial charge in [0.2, 0.25) is 0 Å². The van der Waals surface area contributed by atoms with Crippen molar-refractivity contribution in [3.8, 4) is 5.75 Å². The molecule has 1 aliphatic heterocycles. The van der Waals surface area contributed by atoms with E-state index in [0.29, 0.717) is 24.3 Å². The largest absolute Gasteiger partial charge is 0.495 e. The summed E-state index contributed by atoms with van der Waals surface area (Å²) in [7, 11) is 4.26. The third kappa shape index (κ3) is 3.00. The SMILES string of the molecule is COC(=O)[C@H]1CCC[C@@H](C(=O)OC)N1c1ccccc1OC. The quantitative estimate of drug-likeness (QED) is 0.790. The number of methoxy groups -OCH3 is 3. The molecule has 1 heterocycles. The minimum atomic E-state index is -0.529. The highest BCUT2D eigenvalue weighted by atomic mass is 16.5. The molecular formula is C16H21NO5. The molecule has 0 aliphatic carbocycles. The molecular weight excluding hydrogens is 286 g/mol. The van der Waals surface area contributed by atoms with Crippen molar-refractivity contribution in [2.24, 2.45) is 0 Å². The summed E-state index contributed by atoms with van der Waals surface area (Å²) >= 11 is 0. The van der Waals surface area contributed by atoms with Gasteiger partial charge in [-0.3, -0.25) is 0 Å². The van der Waals surface area contributed by atoms with Gasteiger partial charge in [0.25, 0.3) is 0 Å². The predicted molar refractivity (Wildman–Crippen MR) is 80.9 cm³/mol. The number of carbonyl (C=O) groups is 2. The maximum Gasteiger partial charge on any atom is 0.328 e. The number of ether oxygens (including phenoxy) is 3. The van der Waals surface area contributed by atoms with Crippen molar-refractivity contribution in [3.63, 3.8) is 0 Å². The molecule has 0 N–H and O–H groups in total. The van der Waals surface area contributed by atoms with Crippen molar-refractivity contribution in [1.82, 2.24) is 0 Å². The minimum absolute atomic E-state index is 0.362. The van der Waals surface area contributed by atoms with E-state index in [1.54, 1.807) is 18.1 Å². The fourth-order valence-electron chi connectivity index (χ4n) is 2.91. The van der Waals surface area contributed by atoms with Crippen molar-refractivity contribution in [2.45, 2.75) is 31.3 Å².